The Morgan fingerprint density at radius 3 is 3.00 bits per heavy atom. The number of carboxylic acids is 1. The van der Waals surface area contributed by atoms with E-state index in [2.05, 4.69) is 0 Å². The van der Waals surface area contributed by atoms with Crippen LogP contribution in [0.1, 0.15) is 32.1 Å². The van der Waals surface area contributed by atoms with E-state index in [0.29, 0.717) is 6.42 Å². The second-order valence-electron chi connectivity index (χ2n) is 4.68. The molecule has 0 aromatic rings. The predicted octanol–water partition coefficient (Wildman–Crippen LogP) is 1.73. The van der Waals surface area contributed by atoms with Gasteiger partial charge in [-0.05, 0) is 43.1 Å². The molecule has 0 aromatic heterocycles. The van der Waals surface area contributed by atoms with Crippen LogP contribution >= 0.6 is 11.8 Å². The second kappa shape index (κ2) is 7.24. The summed E-state index contributed by atoms with van der Waals surface area (Å²) in [5.41, 5.74) is 5.01. The van der Waals surface area contributed by atoms with Crippen molar-refractivity contribution < 1.29 is 14.6 Å². The number of aliphatic carboxylic acids is 1. The van der Waals surface area contributed by atoms with Crippen LogP contribution < -0.4 is 5.73 Å². The van der Waals surface area contributed by atoms with Crippen molar-refractivity contribution in [1.29, 1.82) is 0 Å². The third-order valence-electron chi connectivity index (χ3n) is 3.52. The molecule has 0 amide bonds. The number of nitrogens with two attached hydrogens (primary N) is 1. The number of methoxy groups -OCH3 is 1. The summed E-state index contributed by atoms with van der Waals surface area (Å²) in [6.07, 6.45) is 4.50. The summed E-state index contributed by atoms with van der Waals surface area (Å²) < 4.78 is 4.98. The minimum Gasteiger partial charge on any atom is -0.480 e. The van der Waals surface area contributed by atoms with Crippen molar-refractivity contribution >= 4 is 17.7 Å². The molecule has 0 aromatic carbocycles. The van der Waals surface area contributed by atoms with Gasteiger partial charge in [-0.3, -0.25) is 4.79 Å². The highest BCUT2D eigenvalue weighted by atomic mass is 32.2. The molecular weight excluding hydrogens is 238 g/mol. The smallest absolute Gasteiger partial charge is 0.323 e. The summed E-state index contributed by atoms with van der Waals surface area (Å²) in [6.45, 7) is 0.798. The molecule has 0 spiro atoms. The minimum atomic E-state index is -0.965. The van der Waals surface area contributed by atoms with Crippen LogP contribution in [0.3, 0.4) is 0 Å². The molecule has 0 aliphatic heterocycles. The van der Waals surface area contributed by atoms with E-state index < -0.39 is 11.5 Å². The summed E-state index contributed by atoms with van der Waals surface area (Å²) in [5.74, 6) is 1.39. The number of carbonyl (C=O) groups is 1. The van der Waals surface area contributed by atoms with E-state index >= 15 is 0 Å². The topological polar surface area (TPSA) is 72.5 Å². The second-order valence-corrected chi connectivity index (χ2v) is 5.91. The monoisotopic (exact) mass is 261 g/mol. The lowest BCUT2D eigenvalue weighted by Crippen LogP contribution is -2.51. The average Bonchev–Trinajstić information content (AvgIpc) is 2.67. The third kappa shape index (κ3) is 4.16. The van der Waals surface area contributed by atoms with Gasteiger partial charge in [-0.2, -0.15) is 11.8 Å². The minimum absolute atomic E-state index is 0.148. The average molecular weight is 261 g/mol. The van der Waals surface area contributed by atoms with E-state index in [1.807, 2.05) is 11.8 Å². The number of thioether (sulfide) groups is 1. The molecule has 0 radical (unpaired) electrons. The van der Waals surface area contributed by atoms with Crippen LogP contribution in [-0.2, 0) is 9.53 Å². The number of ether oxygens (including phenoxy) is 1. The fourth-order valence-electron chi connectivity index (χ4n) is 2.42. The number of hydrogen-bond acceptors (Lipinski definition) is 4. The molecule has 4 nitrogen and oxygen atoms in total. The first-order chi connectivity index (χ1) is 8.11. The van der Waals surface area contributed by atoms with Crippen molar-refractivity contribution in [1.82, 2.24) is 0 Å². The maximum atomic E-state index is 11.2. The van der Waals surface area contributed by atoms with Gasteiger partial charge in [0.2, 0.25) is 0 Å². The van der Waals surface area contributed by atoms with E-state index in [-0.39, 0.29) is 5.92 Å². The Bertz CT molecular complexity index is 250. The maximum absolute atomic E-state index is 11.2. The van der Waals surface area contributed by atoms with Crippen LogP contribution in [0.5, 0.6) is 0 Å². The molecule has 1 aliphatic carbocycles. The van der Waals surface area contributed by atoms with Crippen molar-refractivity contribution in [2.45, 2.75) is 37.6 Å². The zero-order valence-corrected chi connectivity index (χ0v) is 11.3. The summed E-state index contributed by atoms with van der Waals surface area (Å²) in [6, 6.07) is 0. The Morgan fingerprint density at radius 2 is 2.35 bits per heavy atom. The molecule has 2 unspecified atom stereocenters. The fraction of sp³-hybridized carbons (Fsp3) is 0.917. The van der Waals surface area contributed by atoms with Crippen molar-refractivity contribution in [2.75, 3.05) is 25.2 Å². The third-order valence-corrected chi connectivity index (χ3v) is 4.62. The molecule has 5 heteroatoms. The lowest BCUT2D eigenvalue weighted by Gasteiger charge is -2.26. The molecule has 1 rings (SSSR count). The number of rotatable bonds is 8. The maximum Gasteiger partial charge on any atom is 0.323 e. The fourth-order valence-corrected chi connectivity index (χ4v) is 3.40. The van der Waals surface area contributed by atoms with E-state index in [1.54, 1.807) is 7.11 Å². The molecule has 17 heavy (non-hydrogen) atoms. The largest absolute Gasteiger partial charge is 0.480 e. The zero-order valence-electron chi connectivity index (χ0n) is 10.5. The van der Waals surface area contributed by atoms with Crippen molar-refractivity contribution in [3.8, 4) is 0 Å². The summed E-state index contributed by atoms with van der Waals surface area (Å²) >= 11 is 1.86. The van der Waals surface area contributed by atoms with E-state index in [4.69, 9.17) is 15.6 Å². The summed E-state index contributed by atoms with van der Waals surface area (Å²) in [7, 11) is 1.71. The van der Waals surface area contributed by atoms with Crippen LogP contribution in [0.4, 0.5) is 0 Å². The Labute approximate surface area is 107 Å². The number of hydrogen-bond donors (Lipinski definition) is 2. The lowest BCUT2D eigenvalue weighted by atomic mass is 9.86. The van der Waals surface area contributed by atoms with Crippen LogP contribution in [0.2, 0.25) is 0 Å². The number of carboxylic acid groups (broad SMARTS) is 1. The van der Waals surface area contributed by atoms with Gasteiger partial charge in [0.05, 0.1) is 0 Å². The Hall–Kier alpha value is -0.260. The van der Waals surface area contributed by atoms with Crippen LogP contribution in [0, 0.1) is 5.92 Å². The normalized spacial score (nSPS) is 28.5. The van der Waals surface area contributed by atoms with E-state index in [0.717, 1.165) is 43.8 Å². The molecule has 1 saturated carbocycles. The molecule has 0 bridgehead atoms. The van der Waals surface area contributed by atoms with Gasteiger partial charge in [-0.25, -0.2) is 0 Å². The quantitative estimate of drug-likeness (QED) is 0.651. The summed E-state index contributed by atoms with van der Waals surface area (Å²) in [5, 5.41) is 9.17. The van der Waals surface area contributed by atoms with Crippen LogP contribution in [0.25, 0.3) is 0 Å². The van der Waals surface area contributed by atoms with Crippen LogP contribution in [-0.4, -0.2) is 41.8 Å². The zero-order chi connectivity index (χ0) is 12.7. The Kier molecular flexibility index (Phi) is 6.30. The van der Waals surface area contributed by atoms with Gasteiger partial charge in [0.1, 0.15) is 5.54 Å². The molecule has 0 saturated heterocycles. The van der Waals surface area contributed by atoms with Crippen molar-refractivity contribution in [3.63, 3.8) is 0 Å². The lowest BCUT2D eigenvalue weighted by molar-refractivity contribution is -0.144. The molecule has 1 fully saturated rings. The van der Waals surface area contributed by atoms with Gasteiger partial charge in [-0.15, -0.1) is 0 Å². The van der Waals surface area contributed by atoms with E-state index in [9.17, 15) is 4.79 Å². The summed E-state index contributed by atoms with van der Waals surface area (Å²) in [4.78, 5) is 11.2. The first-order valence-electron chi connectivity index (χ1n) is 6.20. The standard InChI is InChI=1S/C12H23NO3S/c1-16-7-3-8-17-9-5-10-4-2-6-12(10,13)11(14)15/h10H,2-9,13H2,1H3,(H,14,15). The van der Waals surface area contributed by atoms with Gasteiger partial charge >= 0.3 is 5.97 Å². The molecule has 100 valence electrons. The molecule has 2 atom stereocenters. The predicted molar refractivity (Wildman–Crippen MR) is 70.3 cm³/mol. The highest BCUT2D eigenvalue weighted by Gasteiger charge is 2.45. The first-order valence-corrected chi connectivity index (χ1v) is 7.35. The SMILES string of the molecule is COCCCSCCC1CCCC1(N)C(=O)O. The van der Waals surface area contributed by atoms with Crippen LogP contribution in [0.15, 0.2) is 0 Å². The molecule has 3 N–H and O–H groups in total. The Balaban J connectivity index is 2.20. The first kappa shape index (κ1) is 14.8. The van der Waals surface area contributed by atoms with Gasteiger partial charge in [0.15, 0.2) is 0 Å². The molecule has 1 aliphatic rings. The van der Waals surface area contributed by atoms with Crippen molar-refractivity contribution in [3.05, 3.63) is 0 Å². The van der Waals surface area contributed by atoms with E-state index in [1.165, 1.54) is 0 Å². The molecular formula is C12H23NO3S. The highest BCUT2D eigenvalue weighted by Crippen LogP contribution is 2.36. The van der Waals surface area contributed by atoms with Gasteiger partial charge in [0.25, 0.3) is 0 Å². The van der Waals surface area contributed by atoms with Gasteiger partial charge < -0.3 is 15.6 Å². The van der Waals surface area contributed by atoms with Gasteiger partial charge in [-0.1, -0.05) is 6.42 Å². The Morgan fingerprint density at radius 1 is 1.59 bits per heavy atom. The van der Waals surface area contributed by atoms with Crippen molar-refractivity contribution in [2.24, 2.45) is 11.7 Å². The van der Waals surface area contributed by atoms with Gasteiger partial charge in [0, 0.05) is 13.7 Å². The molecule has 0 heterocycles. The highest BCUT2D eigenvalue weighted by molar-refractivity contribution is 7.99.